The second kappa shape index (κ2) is 10.4. The van der Waals surface area contributed by atoms with E-state index in [4.69, 9.17) is 4.74 Å². The molecule has 0 aromatic rings. The Hall–Kier alpha value is -0.320. The number of rotatable bonds is 6. The molecule has 2 aliphatic rings. The standard InChI is InChI=1S/C16H30N2O2.ClH/c1-20-15-5-2-14(3-6-15)12-18-16(19)7-4-13-8-10-17-11-9-13;/h13-15,17H,2-12H2,1H3,(H,18,19);1H. The van der Waals surface area contributed by atoms with E-state index < -0.39 is 0 Å². The molecule has 0 bridgehead atoms. The first-order valence-electron chi connectivity index (χ1n) is 8.28. The zero-order valence-electron chi connectivity index (χ0n) is 13.2. The highest BCUT2D eigenvalue weighted by Gasteiger charge is 2.21. The van der Waals surface area contributed by atoms with Crippen LogP contribution in [0.2, 0.25) is 0 Å². The minimum atomic E-state index is 0. The molecule has 0 atom stereocenters. The molecule has 2 fully saturated rings. The molecule has 1 saturated heterocycles. The third kappa shape index (κ3) is 6.98. The first-order valence-corrected chi connectivity index (χ1v) is 8.28. The van der Waals surface area contributed by atoms with Crippen LogP contribution in [0.3, 0.4) is 0 Å². The van der Waals surface area contributed by atoms with E-state index in [1.165, 1.54) is 25.7 Å². The Labute approximate surface area is 135 Å². The van der Waals surface area contributed by atoms with E-state index in [9.17, 15) is 4.79 Å². The van der Waals surface area contributed by atoms with Crippen molar-refractivity contribution in [3.63, 3.8) is 0 Å². The maximum atomic E-state index is 11.9. The molecule has 0 aromatic carbocycles. The monoisotopic (exact) mass is 318 g/mol. The summed E-state index contributed by atoms with van der Waals surface area (Å²) in [6.07, 6.45) is 9.34. The summed E-state index contributed by atoms with van der Waals surface area (Å²) in [5.74, 6) is 1.65. The molecular formula is C16H31ClN2O2. The number of piperidine rings is 1. The summed E-state index contributed by atoms with van der Waals surface area (Å²) in [6, 6.07) is 0. The van der Waals surface area contributed by atoms with E-state index in [1.807, 2.05) is 0 Å². The number of hydrogen-bond donors (Lipinski definition) is 2. The van der Waals surface area contributed by atoms with Gasteiger partial charge in [0.2, 0.25) is 5.91 Å². The fourth-order valence-electron chi connectivity index (χ4n) is 3.42. The van der Waals surface area contributed by atoms with E-state index in [0.717, 1.165) is 44.8 Å². The number of ether oxygens (including phenoxy) is 1. The molecule has 1 saturated carbocycles. The molecule has 124 valence electrons. The fraction of sp³-hybridized carbons (Fsp3) is 0.938. The predicted octanol–water partition coefficient (Wildman–Crippen LogP) is 2.51. The van der Waals surface area contributed by atoms with E-state index in [1.54, 1.807) is 7.11 Å². The SMILES string of the molecule is COC1CCC(CNC(=O)CCC2CCNCC2)CC1.Cl. The Morgan fingerprint density at radius 3 is 2.38 bits per heavy atom. The average molecular weight is 319 g/mol. The van der Waals surface area contributed by atoms with Gasteiger partial charge in [-0.15, -0.1) is 12.4 Å². The molecule has 2 N–H and O–H groups in total. The second-order valence-corrected chi connectivity index (χ2v) is 6.41. The lowest BCUT2D eigenvalue weighted by molar-refractivity contribution is -0.121. The lowest BCUT2D eigenvalue weighted by Crippen LogP contribution is -2.33. The summed E-state index contributed by atoms with van der Waals surface area (Å²) < 4.78 is 5.38. The van der Waals surface area contributed by atoms with E-state index in [0.29, 0.717) is 18.4 Å². The van der Waals surface area contributed by atoms with Gasteiger partial charge < -0.3 is 15.4 Å². The van der Waals surface area contributed by atoms with Crippen LogP contribution in [0.5, 0.6) is 0 Å². The molecule has 0 aromatic heterocycles. The summed E-state index contributed by atoms with van der Waals surface area (Å²) in [6.45, 7) is 3.10. The summed E-state index contributed by atoms with van der Waals surface area (Å²) >= 11 is 0. The van der Waals surface area contributed by atoms with Gasteiger partial charge in [0.25, 0.3) is 0 Å². The molecule has 0 unspecified atom stereocenters. The first kappa shape index (κ1) is 18.7. The number of methoxy groups -OCH3 is 1. The highest BCUT2D eigenvalue weighted by Crippen LogP contribution is 2.25. The van der Waals surface area contributed by atoms with Crippen LogP contribution in [0.15, 0.2) is 0 Å². The van der Waals surface area contributed by atoms with Crippen LogP contribution >= 0.6 is 12.4 Å². The van der Waals surface area contributed by atoms with E-state index in [-0.39, 0.29) is 18.3 Å². The molecule has 1 aliphatic carbocycles. The summed E-state index contributed by atoms with van der Waals surface area (Å²) in [7, 11) is 1.80. The number of halogens is 1. The van der Waals surface area contributed by atoms with Crippen molar-refractivity contribution < 1.29 is 9.53 Å². The van der Waals surface area contributed by atoms with Crippen LogP contribution in [0.4, 0.5) is 0 Å². The predicted molar refractivity (Wildman–Crippen MR) is 87.8 cm³/mol. The van der Waals surface area contributed by atoms with Crippen LogP contribution in [0, 0.1) is 11.8 Å². The van der Waals surface area contributed by atoms with Crippen molar-refractivity contribution in [1.29, 1.82) is 0 Å². The van der Waals surface area contributed by atoms with Crippen molar-refractivity contribution in [1.82, 2.24) is 10.6 Å². The molecule has 0 spiro atoms. The zero-order valence-corrected chi connectivity index (χ0v) is 14.1. The molecule has 1 amide bonds. The Morgan fingerprint density at radius 1 is 1.10 bits per heavy atom. The lowest BCUT2D eigenvalue weighted by atomic mass is 9.87. The number of carbonyl (C=O) groups excluding carboxylic acids is 1. The van der Waals surface area contributed by atoms with Gasteiger partial charge >= 0.3 is 0 Å². The Morgan fingerprint density at radius 2 is 1.76 bits per heavy atom. The quantitative estimate of drug-likeness (QED) is 0.791. The van der Waals surface area contributed by atoms with Gasteiger partial charge in [0, 0.05) is 20.1 Å². The maximum absolute atomic E-state index is 11.9. The Balaban J connectivity index is 0.00000220. The highest BCUT2D eigenvalue weighted by molar-refractivity contribution is 5.85. The highest BCUT2D eigenvalue weighted by atomic mass is 35.5. The maximum Gasteiger partial charge on any atom is 0.220 e. The van der Waals surface area contributed by atoms with Crippen molar-refractivity contribution in [3.8, 4) is 0 Å². The van der Waals surface area contributed by atoms with Crippen molar-refractivity contribution in [2.75, 3.05) is 26.7 Å². The van der Waals surface area contributed by atoms with Gasteiger partial charge in [0.1, 0.15) is 0 Å². The number of hydrogen-bond acceptors (Lipinski definition) is 3. The van der Waals surface area contributed by atoms with Crippen molar-refractivity contribution in [2.45, 2.75) is 57.5 Å². The number of amides is 1. The second-order valence-electron chi connectivity index (χ2n) is 6.41. The molecular weight excluding hydrogens is 288 g/mol. The normalized spacial score (nSPS) is 26.9. The molecule has 1 heterocycles. The van der Waals surface area contributed by atoms with Crippen LogP contribution in [0.25, 0.3) is 0 Å². The molecule has 1 aliphatic heterocycles. The summed E-state index contributed by atoms with van der Waals surface area (Å²) in [5.41, 5.74) is 0. The topological polar surface area (TPSA) is 50.4 Å². The Kier molecular flexibility index (Phi) is 9.29. The van der Waals surface area contributed by atoms with Gasteiger partial charge in [-0.05, 0) is 69.9 Å². The largest absolute Gasteiger partial charge is 0.381 e. The van der Waals surface area contributed by atoms with Crippen LogP contribution in [-0.4, -0.2) is 38.8 Å². The molecule has 21 heavy (non-hydrogen) atoms. The van der Waals surface area contributed by atoms with Gasteiger partial charge in [-0.1, -0.05) is 0 Å². The third-order valence-electron chi connectivity index (χ3n) is 4.95. The van der Waals surface area contributed by atoms with Crippen molar-refractivity contribution in [3.05, 3.63) is 0 Å². The van der Waals surface area contributed by atoms with E-state index in [2.05, 4.69) is 10.6 Å². The van der Waals surface area contributed by atoms with Gasteiger partial charge in [0.05, 0.1) is 6.10 Å². The van der Waals surface area contributed by atoms with Crippen molar-refractivity contribution >= 4 is 18.3 Å². The Bertz CT molecular complexity index is 288. The minimum Gasteiger partial charge on any atom is -0.381 e. The first-order chi connectivity index (χ1) is 9.78. The van der Waals surface area contributed by atoms with Gasteiger partial charge in [-0.2, -0.15) is 0 Å². The molecule has 0 radical (unpaired) electrons. The van der Waals surface area contributed by atoms with Crippen LogP contribution < -0.4 is 10.6 Å². The summed E-state index contributed by atoms with van der Waals surface area (Å²) in [5, 5.41) is 6.50. The smallest absolute Gasteiger partial charge is 0.220 e. The minimum absolute atomic E-state index is 0. The third-order valence-corrected chi connectivity index (χ3v) is 4.95. The number of nitrogens with one attached hydrogen (secondary N) is 2. The van der Waals surface area contributed by atoms with Crippen LogP contribution in [-0.2, 0) is 9.53 Å². The van der Waals surface area contributed by atoms with E-state index >= 15 is 0 Å². The number of carbonyl (C=O) groups is 1. The average Bonchev–Trinajstić information content (AvgIpc) is 2.52. The molecule has 5 heteroatoms. The van der Waals surface area contributed by atoms with Gasteiger partial charge in [0.15, 0.2) is 0 Å². The van der Waals surface area contributed by atoms with Crippen LogP contribution in [0.1, 0.15) is 51.4 Å². The molecule has 4 nitrogen and oxygen atoms in total. The summed E-state index contributed by atoms with van der Waals surface area (Å²) in [4.78, 5) is 11.9. The fourth-order valence-corrected chi connectivity index (χ4v) is 3.42. The van der Waals surface area contributed by atoms with Gasteiger partial charge in [-0.3, -0.25) is 4.79 Å². The molecule has 2 rings (SSSR count). The van der Waals surface area contributed by atoms with Crippen molar-refractivity contribution in [2.24, 2.45) is 11.8 Å². The zero-order chi connectivity index (χ0) is 14.2. The lowest BCUT2D eigenvalue weighted by Gasteiger charge is -2.27. The van der Waals surface area contributed by atoms with Gasteiger partial charge in [-0.25, -0.2) is 0 Å².